The molecule has 2 aliphatic rings. The van der Waals surface area contributed by atoms with Gasteiger partial charge in [-0.3, -0.25) is 5.10 Å². The minimum absolute atomic E-state index is 0.0569. The maximum atomic E-state index is 14.7. The number of H-pyrrole nitrogens is 1. The molecular weight excluding hydrogens is 383 g/mol. The quantitative estimate of drug-likeness (QED) is 0.623. The molecule has 146 valence electrons. The van der Waals surface area contributed by atoms with Crippen LogP contribution < -0.4 is 10.2 Å². The Balaban J connectivity index is 1.53. The van der Waals surface area contributed by atoms with E-state index in [1.165, 1.54) is 6.07 Å². The van der Waals surface area contributed by atoms with Crippen LogP contribution in [0.25, 0.3) is 22.4 Å². The van der Waals surface area contributed by atoms with Gasteiger partial charge in [0.1, 0.15) is 11.5 Å². The minimum Gasteiger partial charge on any atom is -0.388 e. The first-order valence-electron chi connectivity index (χ1n) is 9.41. The fourth-order valence-corrected chi connectivity index (χ4v) is 4.33. The monoisotopic (exact) mass is 402 g/mol. The number of aromatic amines is 1. The highest BCUT2D eigenvalue weighted by molar-refractivity contribution is 6.33. The summed E-state index contributed by atoms with van der Waals surface area (Å²) in [6, 6.07) is 4.83. The van der Waals surface area contributed by atoms with Gasteiger partial charge in [-0.25, -0.2) is 14.4 Å². The second-order valence-electron chi connectivity index (χ2n) is 7.51. The molecule has 7 nitrogen and oxygen atoms in total. The van der Waals surface area contributed by atoms with E-state index in [0.29, 0.717) is 42.2 Å². The van der Waals surface area contributed by atoms with Crippen molar-refractivity contribution >= 4 is 28.5 Å². The Labute approximate surface area is 165 Å². The predicted octanol–water partition coefficient (Wildman–Crippen LogP) is 2.51. The van der Waals surface area contributed by atoms with Gasteiger partial charge >= 0.3 is 0 Å². The summed E-state index contributed by atoms with van der Waals surface area (Å²) < 4.78 is 14.7. The first kappa shape index (κ1) is 17.8. The third-order valence-electron chi connectivity index (χ3n) is 5.82. The van der Waals surface area contributed by atoms with Crippen molar-refractivity contribution in [1.29, 1.82) is 0 Å². The maximum Gasteiger partial charge on any atom is 0.181 e. The van der Waals surface area contributed by atoms with Crippen LogP contribution in [0.1, 0.15) is 19.3 Å². The summed E-state index contributed by atoms with van der Waals surface area (Å²) in [6.07, 6.45) is 4.26. The Morgan fingerprint density at radius 1 is 1.36 bits per heavy atom. The van der Waals surface area contributed by atoms with E-state index in [-0.39, 0.29) is 16.8 Å². The van der Waals surface area contributed by atoms with Gasteiger partial charge in [-0.2, -0.15) is 5.10 Å². The molecule has 1 saturated heterocycles. The zero-order valence-electron chi connectivity index (χ0n) is 15.1. The Morgan fingerprint density at radius 3 is 3.00 bits per heavy atom. The number of anilines is 1. The highest BCUT2D eigenvalue weighted by Crippen LogP contribution is 2.37. The Hall–Kier alpha value is -2.29. The van der Waals surface area contributed by atoms with Crippen LogP contribution >= 0.6 is 11.6 Å². The van der Waals surface area contributed by atoms with E-state index in [2.05, 4.69) is 25.5 Å². The average Bonchev–Trinajstić information content (AvgIpc) is 3.10. The van der Waals surface area contributed by atoms with Crippen LogP contribution in [0.4, 0.5) is 10.2 Å². The van der Waals surface area contributed by atoms with Gasteiger partial charge in [0, 0.05) is 31.2 Å². The maximum absolute atomic E-state index is 14.7. The van der Waals surface area contributed by atoms with Crippen molar-refractivity contribution in [2.75, 3.05) is 24.5 Å². The van der Waals surface area contributed by atoms with Crippen LogP contribution in [0.2, 0.25) is 5.02 Å². The van der Waals surface area contributed by atoms with E-state index < -0.39 is 11.4 Å². The second kappa shape index (κ2) is 6.65. The number of fused-ring (bicyclic) bond motifs is 1. The predicted molar refractivity (Wildman–Crippen MR) is 105 cm³/mol. The number of aliphatic hydroxyl groups is 1. The van der Waals surface area contributed by atoms with Crippen LogP contribution in [0.15, 0.2) is 24.4 Å². The molecule has 0 radical (unpaired) electrons. The van der Waals surface area contributed by atoms with E-state index in [1.54, 1.807) is 12.3 Å². The highest BCUT2D eigenvalue weighted by atomic mass is 35.5. The second-order valence-corrected chi connectivity index (χ2v) is 7.91. The molecule has 1 aliphatic carbocycles. The van der Waals surface area contributed by atoms with Crippen LogP contribution in [0, 0.1) is 5.82 Å². The zero-order valence-corrected chi connectivity index (χ0v) is 15.9. The molecule has 2 fully saturated rings. The lowest BCUT2D eigenvalue weighted by Crippen LogP contribution is -2.64. The lowest BCUT2D eigenvalue weighted by Gasteiger charge is -2.48. The molecule has 0 bridgehead atoms. The summed E-state index contributed by atoms with van der Waals surface area (Å²) in [6.45, 7) is 1.95. The van der Waals surface area contributed by atoms with Crippen molar-refractivity contribution in [1.82, 2.24) is 25.5 Å². The number of rotatable bonds is 3. The van der Waals surface area contributed by atoms with E-state index in [4.69, 9.17) is 11.6 Å². The van der Waals surface area contributed by atoms with Gasteiger partial charge in [-0.05, 0) is 37.5 Å². The fraction of sp³-hybridized carbons (Fsp3) is 0.421. The summed E-state index contributed by atoms with van der Waals surface area (Å²) >= 11 is 6.36. The number of nitrogens with one attached hydrogen (secondary N) is 2. The van der Waals surface area contributed by atoms with Gasteiger partial charge in [-0.1, -0.05) is 11.6 Å². The molecule has 3 aromatic rings. The lowest BCUT2D eigenvalue weighted by molar-refractivity contribution is -0.0650. The van der Waals surface area contributed by atoms with E-state index >= 15 is 0 Å². The number of halogens is 2. The summed E-state index contributed by atoms with van der Waals surface area (Å²) in [5.41, 5.74) is 0.457. The number of pyridine rings is 2. The molecule has 3 aromatic heterocycles. The fourth-order valence-electron chi connectivity index (χ4n) is 4.07. The SMILES string of the molecule is OC1(C2CN(c3nc(-c4[nH]nc5ncccc45)c(F)cc3Cl)CCN2)CCC1. The molecule has 1 unspecified atom stereocenters. The highest BCUT2D eigenvalue weighted by Gasteiger charge is 2.44. The van der Waals surface area contributed by atoms with Gasteiger partial charge in [0.25, 0.3) is 0 Å². The van der Waals surface area contributed by atoms with E-state index in [1.807, 2.05) is 11.0 Å². The summed E-state index contributed by atoms with van der Waals surface area (Å²) in [5.74, 6) is -0.00779. The van der Waals surface area contributed by atoms with Crippen LogP contribution in [-0.2, 0) is 0 Å². The van der Waals surface area contributed by atoms with Gasteiger partial charge in [-0.15, -0.1) is 0 Å². The van der Waals surface area contributed by atoms with E-state index in [9.17, 15) is 9.50 Å². The zero-order chi connectivity index (χ0) is 19.3. The van der Waals surface area contributed by atoms with Gasteiger partial charge in [0.05, 0.1) is 22.4 Å². The molecule has 1 atom stereocenters. The molecule has 0 aromatic carbocycles. The number of hydrogen-bond donors (Lipinski definition) is 3. The van der Waals surface area contributed by atoms with Crippen molar-refractivity contribution in [3.8, 4) is 11.4 Å². The number of aromatic nitrogens is 4. The standard InChI is InChI=1S/C19H20ClFN6O/c20-12-9-13(21)16(15-11-3-1-6-23-17(11)26-25-15)24-18(12)27-8-7-22-14(10-27)19(28)4-2-5-19/h1,3,6,9,14,22,28H,2,4-5,7-8,10H2,(H,23,25,26). The molecule has 28 heavy (non-hydrogen) atoms. The van der Waals surface area contributed by atoms with Crippen molar-refractivity contribution in [3.05, 3.63) is 35.2 Å². The molecule has 0 amide bonds. The average molecular weight is 403 g/mol. The number of piperazine rings is 1. The first-order valence-corrected chi connectivity index (χ1v) is 9.79. The topological polar surface area (TPSA) is 90.0 Å². The van der Waals surface area contributed by atoms with Gasteiger partial charge in [0.15, 0.2) is 11.5 Å². The third kappa shape index (κ3) is 2.83. The minimum atomic E-state index is -0.681. The molecular formula is C19H20ClFN6O. The molecule has 1 saturated carbocycles. The van der Waals surface area contributed by atoms with Crippen molar-refractivity contribution in [2.24, 2.45) is 0 Å². The summed E-state index contributed by atoms with van der Waals surface area (Å²) in [5, 5.41) is 22.0. The summed E-state index contributed by atoms with van der Waals surface area (Å²) in [7, 11) is 0. The first-order chi connectivity index (χ1) is 13.5. The Morgan fingerprint density at radius 2 is 2.21 bits per heavy atom. The molecule has 5 rings (SSSR count). The smallest absolute Gasteiger partial charge is 0.181 e. The number of nitrogens with zero attached hydrogens (tertiary/aromatic N) is 4. The molecule has 0 spiro atoms. The van der Waals surface area contributed by atoms with Gasteiger partial charge < -0.3 is 15.3 Å². The largest absolute Gasteiger partial charge is 0.388 e. The van der Waals surface area contributed by atoms with Crippen molar-refractivity contribution < 1.29 is 9.50 Å². The van der Waals surface area contributed by atoms with E-state index in [0.717, 1.165) is 19.3 Å². The van der Waals surface area contributed by atoms with Crippen LogP contribution in [0.3, 0.4) is 0 Å². The molecule has 3 N–H and O–H groups in total. The Bertz CT molecular complexity index is 1040. The molecule has 4 heterocycles. The van der Waals surface area contributed by atoms with Crippen molar-refractivity contribution in [2.45, 2.75) is 30.9 Å². The normalized spacial score (nSPS) is 21.7. The van der Waals surface area contributed by atoms with Crippen molar-refractivity contribution in [3.63, 3.8) is 0 Å². The lowest BCUT2D eigenvalue weighted by atomic mass is 9.74. The molecule has 9 heteroatoms. The van der Waals surface area contributed by atoms with Crippen LogP contribution in [0.5, 0.6) is 0 Å². The number of hydrogen-bond acceptors (Lipinski definition) is 6. The Kier molecular flexibility index (Phi) is 4.22. The summed E-state index contributed by atoms with van der Waals surface area (Å²) in [4.78, 5) is 10.7. The molecule has 1 aliphatic heterocycles. The van der Waals surface area contributed by atoms with Crippen LogP contribution in [-0.4, -0.2) is 56.5 Å². The third-order valence-corrected chi connectivity index (χ3v) is 6.10. The van der Waals surface area contributed by atoms with Gasteiger partial charge in [0.2, 0.25) is 0 Å².